The molecular weight excluding hydrogens is 314 g/mol. The molecule has 0 aliphatic heterocycles. The highest BCUT2D eigenvalue weighted by Crippen LogP contribution is 2.28. The van der Waals surface area contributed by atoms with Gasteiger partial charge in [0.25, 0.3) is 5.91 Å². The lowest BCUT2D eigenvalue weighted by Crippen LogP contribution is -2.46. The number of fused-ring (bicyclic) bond motifs is 1. The van der Waals surface area contributed by atoms with Gasteiger partial charge in [-0.2, -0.15) is 0 Å². The fraction of sp³-hybridized carbons (Fsp3) is 0.500. The van der Waals surface area contributed by atoms with Crippen LogP contribution in [0.15, 0.2) is 18.2 Å². The Bertz CT molecular complexity index is 540. The van der Waals surface area contributed by atoms with E-state index < -0.39 is 0 Å². The largest absolute Gasteiger partial charge is 0.358 e. The Morgan fingerprint density at radius 2 is 2.00 bits per heavy atom. The second kappa shape index (κ2) is 8.29. The zero-order valence-corrected chi connectivity index (χ0v) is 14.6. The van der Waals surface area contributed by atoms with E-state index in [1.54, 1.807) is 11.3 Å². The molecule has 22 heavy (non-hydrogen) atoms. The van der Waals surface area contributed by atoms with Crippen molar-refractivity contribution >= 4 is 34.6 Å². The second-order valence-corrected chi connectivity index (χ2v) is 7.24. The van der Waals surface area contributed by atoms with E-state index in [-0.39, 0.29) is 5.91 Å². The summed E-state index contributed by atoms with van der Waals surface area (Å²) in [5, 5.41) is 3.36. The summed E-state index contributed by atoms with van der Waals surface area (Å²) in [6, 6.07) is 2.03. The van der Waals surface area contributed by atoms with Crippen LogP contribution in [0, 0.1) is 0 Å². The van der Waals surface area contributed by atoms with E-state index in [1.165, 1.54) is 36.1 Å². The van der Waals surface area contributed by atoms with Crippen LogP contribution in [-0.4, -0.2) is 17.6 Å². The zero-order chi connectivity index (χ0) is 15.9. The van der Waals surface area contributed by atoms with Crippen molar-refractivity contribution in [2.24, 2.45) is 0 Å². The monoisotopic (exact) mass is 337 g/mol. The maximum Gasteiger partial charge on any atom is 0.279 e. The number of rotatable bonds is 3. The SMILES string of the molecule is C=C(C)CNC(=S)NNC(=O)c1cc2c(s1)CCCCCC2. The minimum absolute atomic E-state index is 0.128. The Kier molecular flexibility index (Phi) is 6.39. The van der Waals surface area contributed by atoms with E-state index in [1.807, 2.05) is 13.0 Å². The van der Waals surface area contributed by atoms with Crippen molar-refractivity contribution in [2.75, 3.05) is 6.54 Å². The second-order valence-electron chi connectivity index (χ2n) is 5.69. The molecule has 3 N–H and O–H groups in total. The molecule has 120 valence electrons. The molecule has 1 heterocycles. The first-order chi connectivity index (χ1) is 10.6. The van der Waals surface area contributed by atoms with Crippen molar-refractivity contribution in [3.05, 3.63) is 33.5 Å². The molecule has 6 heteroatoms. The number of hydrogen-bond donors (Lipinski definition) is 3. The highest BCUT2D eigenvalue weighted by molar-refractivity contribution is 7.80. The fourth-order valence-corrected chi connectivity index (χ4v) is 3.68. The average molecular weight is 338 g/mol. The van der Waals surface area contributed by atoms with Crippen molar-refractivity contribution in [3.63, 3.8) is 0 Å². The molecule has 1 amide bonds. The Morgan fingerprint density at radius 1 is 1.27 bits per heavy atom. The molecule has 1 aliphatic carbocycles. The summed E-state index contributed by atoms with van der Waals surface area (Å²) in [6.07, 6.45) is 7.22. The molecule has 4 nitrogen and oxygen atoms in total. The van der Waals surface area contributed by atoms with E-state index in [0.717, 1.165) is 23.3 Å². The van der Waals surface area contributed by atoms with Gasteiger partial charge in [0.05, 0.1) is 4.88 Å². The summed E-state index contributed by atoms with van der Waals surface area (Å²) in [7, 11) is 0. The fourth-order valence-electron chi connectivity index (χ4n) is 2.41. The molecule has 0 unspecified atom stereocenters. The van der Waals surface area contributed by atoms with Crippen molar-refractivity contribution in [1.82, 2.24) is 16.2 Å². The van der Waals surface area contributed by atoms with E-state index in [4.69, 9.17) is 12.2 Å². The number of thiophene rings is 1. The highest BCUT2D eigenvalue weighted by atomic mass is 32.1. The van der Waals surface area contributed by atoms with Gasteiger partial charge in [0.1, 0.15) is 0 Å². The lowest BCUT2D eigenvalue weighted by molar-refractivity contribution is 0.0947. The van der Waals surface area contributed by atoms with Gasteiger partial charge >= 0.3 is 0 Å². The quantitative estimate of drug-likeness (QED) is 0.451. The van der Waals surface area contributed by atoms with E-state index in [9.17, 15) is 4.79 Å². The molecule has 1 aliphatic rings. The third kappa shape index (κ3) is 5.10. The number of nitrogens with one attached hydrogen (secondary N) is 3. The van der Waals surface area contributed by atoms with Gasteiger partial charge in [-0.3, -0.25) is 15.6 Å². The molecule has 0 spiro atoms. The number of hydrazine groups is 1. The van der Waals surface area contributed by atoms with Crippen molar-refractivity contribution < 1.29 is 4.79 Å². The third-order valence-corrected chi connectivity index (χ3v) is 5.04. The van der Waals surface area contributed by atoms with Crippen molar-refractivity contribution in [3.8, 4) is 0 Å². The summed E-state index contributed by atoms with van der Waals surface area (Å²) in [5.41, 5.74) is 7.70. The van der Waals surface area contributed by atoms with Crippen LogP contribution in [-0.2, 0) is 12.8 Å². The summed E-state index contributed by atoms with van der Waals surface area (Å²) < 4.78 is 0. The van der Waals surface area contributed by atoms with Crippen LogP contribution in [0.4, 0.5) is 0 Å². The van der Waals surface area contributed by atoms with Gasteiger partial charge in [-0.25, -0.2) is 0 Å². The Hall–Kier alpha value is -1.40. The van der Waals surface area contributed by atoms with Crippen LogP contribution in [0.3, 0.4) is 0 Å². The standard InChI is InChI=1S/C16H23N3OS2/c1-11(2)10-17-16(21)19-18-15(20)14-9-12-7-5-3-4-6-8-13(12)22-14/h9H,1,3-8,10H2,2H3,(H,18,20)(H2,17,19,21). The lowest BCUT2D eigenvalue weighted by atomic mass is 10.00. The molecule has 0 saturated carbocycles. The van der Waals surface area contributed by atoms with Crippen LogP contribution in [0.5, 0.6) is 0 Å². The van der Waals surface area contributed by atoms with Gasteiger partial charge in [-0.05, 0) is 56.5 Å². The van der Waals surface area contributed by atoms with Gasteiger partial charge in [-0.15, -0.1) is 11.3 Å². The highest BCUT2D eigenvalue weighted by Gasteiger charge is 2.15. The number of carbonyl (C=O) groups is 1. The molecule has 0 saturated heterocycles. The van der Waals surface area contributed by atoms with Crippen LogP contribution < -0.4 is 16.2 Å². The summed E-state index contributed by atoms with van der Waals surface area (Å²) in [5.74, 6) is -0.128. The molecule has 2 rings (SSSR count). The Balaban J connectivity index is 1.88. The van der Waals surface area contributed by atoms with Crippen LogP contribution in [0.25, 0.3) is 0 Å². The molecule has 0 radical (unpaired) electrons. The number of amides is 1. The Labute approximate surface area is 141 Å². The molecule has 0 bridgehead atoms. The number of thiocarbonyl (C=S) groups is 1. The van der Waals surface area contributed by atoms with Crippen molar-refractivity contribution in [2.45, 2.75) is 45.4 Å². The number of aryl methyl sites for hydroxylation is 2. The lowest BCUT2D eigenvalue weighted by Gasteiger charge is -2.10. The summed E-state index contributed by atoms with van der Waals surface area (Å²) in [6.45, 7) is 6.29. The predicted molar refractivity (Wildman–Crippen MR) is 96.2 cm³/mol. The smallest absolute Gasteiger partial charge is 0.279 e. The van der Waals surface area contributed by atoms with E-state index in [2.05, 4.69) is 22.7 Å². The van der Waals surface area contributed by atoms with Gasteiger partial charge in [0.2, 0.25) is 0 Å². The molecule has 1 aromatic rings. The third-order valence-electron chi connectivity index (χ3n) is 3.56. The van der Waals surface area contributed by atoms with Crippen LogP contribution >= 0.6 is 23.6 Å². The zero-order valence-electron chi connectivity index (χ0n) is 13.0. The molecule has 1 aromatic heterocycles. The van der Waals surface area contributed by atoms with E-state index >= 15 is 0 Å². The first-order valence-electron chi connectivity index (χ1n) is 7.66. The summed E-state index contributed by atoms with van der Waals surface area (Å²) >= 11 is 6.69. The number of carbonyl (C=O) groups excluding carboxylic acids is 1. The molecule has 0 aromatic carbocycles. The van der Waals surface area contributed by atoms with Gasteiger partial charge in [0.15, 0.2) is 5.11 Å². The first kappa shape index (κ1) is 17.0. The van der Waals surface area contributed by atoms with Crippen LogP contribution in [0.2, 0.25) is 0 Å². The minimum atomic E-state index is -0.128. The first-order valence-corrected chi connectivity index (χ1v) is 8.89. The van der Waals surface area contributed by atoms with Gasteiger partial charge < -0.3 is 5.32 Å². The predicted octanol–water partition coefficient (Wildman–Crippen LogP) is 3.09. The van der Waals surface area contributed by atoms with E-state index in [0.29, 0.717) is 11.7 Å². The minimum Gasteiger partial charge on any atom is -0.358 e. The topological polar surface area (TPSA) is 53.2 Å². The normalized spacial score (nSPS) is 14.2. The Morgan fingerprint density at radius 3 is 2.73 bits per heavy atom. The van der Waals surface area contributed by atoms with Gasteiger partial charge in [0, 0.05) is 11.4 Å². The van der Waals surface area contributed by atoms with Gasteiger partial charge in [-0.1, -0.05) is 25.0 Å². The average Bonchev–Trinajstić information content (AvgIpc) is 2.85. The van der Waals surface area contributed by atoms with Crippen molar-refractivity contribution in [1.29, 1.82) is 0 Å². The molecular formula is C16H23N3OS2. The number of hydrogen-bond acceptors (Lipinski definition) is 3. The van der Waals surface area contributed by atoms with Crippen LogP contribution in [0.1, 0.15) is 52.7 Å². The maximum absolute atomic E-state index is 12.2. The molecule has 0 atom stereocenters. The summed E-state index contributed by atoms with van der Waals surface area (Å²) in [4.78, 5) is 14.3. The molecule has 0 fully saturated rings. The maximum atomic E-state index is 12.2.